The summed E-state index contributed by atoms with van der Waals surface area (Å²) >= 11 is 3.50. The van der Waals surface area contributed by atoms with Crippen molar-refractivity contribution in [3.8, 4) is 0 Å². The highest BCUT2D eigenvalue weighted by molar-refractivity contribution is 9.10. The van der Waals surface area contributed by atoms with Gasteiger partial charge in [-0.2, -0.15) is 0 Å². The maximum Gasteiger partial charge on any atom is 0.0322 e. The Morgan fingerprint density at radius 3 is 2.17 bits per heavy atom. The maximum atomic E-state index is 3.61. The molecule has 0 saturated carbocycles. The molecule has 0 aromatic heterocycles. The molecule has 2 atom stereocenters. The lowest BCUT2D eigenvalue weighted by atomic mass is 9.77. The van der Waals surface area contributed by atoms with Gasteiger partial charge in [0.1, 0.15) is 0 Å². The van der Waals surface area contributed by atoms with E-state index in [-0.39, 0.29) is 0 Å². The van der Waals surface area contributed by atoms with E-state index in [0.717, 1.165) is 11.0 Å². The van der Waals surface area contributed by atoms with Crippen LogP contribution in [0.15, 0.2) is 28.7 Å². The van der Waals surface area contributed by atoms with Crippen molar-refractivity contribution >= 4 is 15.9 Å². The van der Waals surface area contributed by atoms with Gasteiger partial charge in [-0.3, -0.25) is 0 Å². The van der Waals surface area contributed by atoms with Crippen LogP contribution >= 0.6 is 15.9 Å². The minimum absolute atomic E-state index is 0.364. The summed E-state index contributed by atoms with van der Waals surface area (Å²) < 4.78 is 1.14. The number of benzene rings is 1. The van der Waals surface area contributed by atoms with E-state index >= 15 is 0 Å². The second-order valence-corrected chi connectivity index (χ2v) is 7.08. The molecule has 1 aromatic rings. The fraction of sp³-hybridized carbons (Fsp3) is 0.625. The quantitative estimate of drug-likeness (QED) is 0.790. The smallest absolute Gasteiger partial charge is 0.0322 e. The van der Waals surface area contributed by atoms with E-state index in [1.165, 1.54) is 12.0 Å². The van der Waals surface area contributed by atoms with Gasteiger partial charge in [-0.15, -0.1) is 0 Å². The van der Waals surface area contributed by atoms with Crippen molar-refractivity contribution in [2.75, 3.05) is 6.54 Å². The monoisotopic (exact) mass is 311 g/mol. The van der Waals surface area contributed by atoms with Crippen LogP contribution in [0.1, 0.15) is 52.6 Å². The van der Waals surface area contributed by atoms with Crippen molar-refractivity contribution in [1.29, 1.82) is 0 Å². The maximum absolute atomic E-state index is 3.61. The van der Waals surface area contributed by atoms with Gasteiger partial charge in [-0.05, 0) is 42.0 Å². The van der Waals surface area contributed by atoms with Gasteiger partial charge in [0.15, 0.2) is 0 Å². The highest BCUT2D eigenvalue weighted by atomic mass is 79.9. The Kier molecular flexibility index (Phi) is 5.87. The molecule has 1 aromatic carbocycles. The fourth-order valence-electron chi connectivity index (χ4n) is 1.99. The van der Waals surface area contributed by atoms with Crippen LogP contribution in [0.3, 0.4) is 0 Å². The van der Waals surface area contributed by atoms with Crippen molar-refractivity contribution in [3.63, 3.8) is 0 Å². The second-order valence-electron chi connectivity index (χ2n) is 6.16. The van der Waals surface area contributed by atoms with Crippen molar-refractivity contribution in [2.45, 2.75) is 47.1 Å². The molecule has 0 fully saturated rings. The van der Waals surface area contributed by atoms with E-state index in [1.54, 1.807) is 0 Å². The fourth-order valence-corrected chi connectivity index (χ4v) is 2.25. The van der Waals surface area contributed by atoms with E-state index in [2.05, 4.69) is 80.1 Å². The Morgan fingerprint density at radius 2 is 1.72 bits per heavy atom. The third-order valence-corrected chi connectivity index (χ3v) is 4.32. The third kappa shape index (κ3) is 4.74. The van der Waals surface area contributed by atoms with Gasteiger partial charge < -0.3 is 5.32 Å². The molecule has 0 saturated heterocycles. The van der Waals surface area contributed by atoms with Crippen molar-refractivity contribution in [1.82, 2.24) is 5.32 Å². The van der Waals surface area contributed by atoms with E-state index in [4.69, 9.17) is 0 Å². The van der Waals surface area contributed by atoms with Crippen molar-refractivity contribution < 1.29 is 0 Å². The average molecular weight is 312 g/mol. The van der Waals surface area contributed by atoms with Crippen LogP contribution in [0, 0.1) is 11.3 Å². The Balaban J connectivity index is 2.80. The predicted octanol–water partition coefficient (Wildman–Crippen LogP) is 5.17. The summed E-state index contributed by atoms with van der Waals surface area (Å²) in [6, 6.07) is 9.14. The molecule has 0 radical (unpaired) electrons. The number of halogens is 1. The number of hydrogen-bond acceptors (Lipinski definition) is 1. The van der Waals surface area contributed by atoms with Gasteiger partial charge in [-0.25, -0.2) is 0 Å². The molecule has 0 amide bonds. The van der Waals surface area contributed by atoms with Gasteiger partial charge in [0, 0.05) is 10.5 Å². The summed E-state index contributed by atoms with van der Waals surface area (Å²) in [6.45, 7) is 12.5. The van der Waals surface area contributed by atoms with Crippen LogP contribution in [0.5, 0.6) is 0 Å². The Labute approximate surface area is 120 Å². The summed E-state index contributed by atoms with van der Waals surface area (Å²) in [6.07, 6.45) is 1.18. The first-order valence-electron chi connectivity index (χ1n) is 6.83. The molecular formula is C16H26BrN. The molecule has 2 unspecified atom stereocenters. The number of nitrogens with one attached hydrogen (secondary N) is 1. The van der Waals surface area contributed by atoms with E-state index in [9.17, 15) is 0 Å². The molecule has 1 N–H and O–H groups in total. The Hall–Kier alpha value is -0.340. The standard InChI is InChI=1S/C16H26BrN/c1-6-18-15(11-12(2)16(3,4)5)13-7-9-14(17)10-8-13/h7-10,12,15,18H,6,11H2,1-5H3. The summed E-state index contributed by atoms with van der Waals surface area (Å²) in [5, 5.41) is 3.61. The first-order valence-corrected chi connectivity index (χ1v) is 7.62. The van der Waals surface area contributed by atoms with Crippen LogP contribution in [-0.4, -0.2) is 6.54 Å². The highest BCUT2D eigenvalue weighted by Crippen LogP contribution is 2.33. The average Bonchev–Trinajstić information content (AvgIpc) is 2.28. The number of hydrogen-bond donors (Lipinski definition) is 1. The second kappa shape index (κ2) is 6.72. The lowest BCUT2D eigenvalue weighted by molar-refractivity contribution is 0.224. The van der Waals surface area contributed by atoms with Crippen LogP contribution in [0.4, 0.5) is 0 Å². The molecule has 0 aliphatic rings. The molecule has 0 aliphatic heterocycles. The van der Waals surface area contributed by atoms with Crippen LogP contribution < -0.4 is 5.32 Å². The molecule has 0 spiro atoms. The minimum Gasteiger partial charge on any atom is -0.310 e. The van der Waals surface area contributed by atoms with Crippen LogP contribution in [0.2, 0.25) is 0 Å². The van der Waals surface area contributed by atoms with E-state index in [0.29, 0.717) is 17.4 Å². The van der Waals surface area contributed by atoms with Crippen LogP contribution in [-0.2, 0) is 0 Å². The lowest BCUT2D eigenvalue weighted by Crippen LogP contribution is -2.27. The summed E-state index contributed by atoms with van der Waals surface area (Å²) in [4.78, 5) is 0. The van der Waals surface area contributed by atoms with Gasteiger partial charge in [0.25, 0.3) is 0 Å². The van der Waals surface area contributed by atoms with E-state index in [1.807, 2.05) is 0 Å². The molecule has 0 aliphatic carbocycles. The zero-order valence-electron chi connectivity index (χ0n) is 12.3. The zero-order chi connectivity index (χ0) is 13.8. The summed E-state index contributed by atoms with van der Waals surface area (Å²) in [5.74, 6) is 0.685. The normalized spacial score (nSPS) is 15.4. The summed E-state index contributed by atoms with van der Waals surface area (Å²) in [5.41, 5.74) is 1.75. The molecule has 1 nitrogen and oxygen atoms in total. The molecular weight excluding hydrogens is 286 g/mol. The van der Waals surface area contributed by atoms with Crippen molar-refractivity contribution in [2.24, 2.45) is 11.3 Å². The number of rotatable bonds is 5. The lowest BCUT2D eigenvalue weighted by Gasteiger charge is -2.31. The molecule has 102 valence electrons. The van der Waals surface area contributed by atoms with E-state index < -0.39 is 0 Å². The predicted molar refractivity (Wildman–Crippen MR) is 83.8 cm³/mol. The highest BCUT2D eigenvalue weighted by Gasteiger charge is 2.23. The van der Waals surface area contributed by atoms with Crippen LogP contribution in [0.25, 0.3) is 0 Å². The topological polar surface area (TPSA) is 12.0 Å². The summed E-state index contributed by atoms with van der Waals surface area (Å²) in [7, 11) is 0. The largest absolute Gasteiger partial charge is 0.310 e. The van der Waals surface area contributed by atoms with Crippen molar-refractivity contribution in [3.05, 3.63) is 34.3 Å². The SMILES string of the molecule is CCNC(CC(C)C(C)(C)C)c1ccc(Br)cc1. The van der Waals surface area contributed by atoms with Gasteiger partial charge in [0.05, 0.1) is 0 Å². The molecule has 1 rings (SSSR count). The zero-order valence-corrected chi connectivity index (χ0v) is 13.8. The minimum atomic E-state index is 0.364. The molecule has 0 bridgehead atoms. The van der Waals surface area contributed by atoms with Gasteiger partial charge >= 0.3 is 0 Å². The third-order valence-electron chi connectivity index (χ3n) is 3.79. The first kappa shape index (κ1) is 15.7. The molecule has 2 heteroatoms. The molecule has 0 heterocycles. The Morgan fingerprint density at radius 1 is 1.17 bits per heavy atom. The van der Waals surface area contributed by atoms with Gasteiger partial charge in [-0.1, -0.05) is 62.7 Å². The van der Waals surface area contributed by atoms with Gasteiger partial charge in [0.2, 0.25) is 0 Å². The molecule has 18 heavy (non-hydrogen) atoms. The Bertz CT molecular complexity index is 350. The first-order chi connectivity index (χ1) is 8.34.